The summed E-state index contributed by atoms with van der Waals surface area (Å²) in [5.41, 5.74) is 0.836. The van der Waals surface area contributed by atoms with Crippen molar-refractivity contribution in [3.8, 4) is 0 Å². The molecular weight excluding hydrogens is 332 g/mol. The first-order chi connectivity index (χ1) is 12.0. The van der Waals surface area contributed by atoms with E-state index in [0.29, 0.717) is 17.7 Å². The zero-order valence-corrected chi connectivity index (χ0v) is 15.5. The quantitative estimate of drug-likeness (QED) is 0.621. The highest BCUT2D eigenvalue weighted by Gasteiger charge is 2.27. The van der Waals surface area contributed by atoms with Crippen LogP contribution in [-0.4, -0.2) is 32.2 Å². The molecule has 3 rings (SSSR count). The van der Waals surface area contributed by atoms with Crippen LogP contribution in [0.5, 0.6) is 0 Å². The molecule has 2 aromatic carbocycles. The number of rotatable bonds is 3. The zero-order valence-electron chi connectivity index (χ0n) is 14.7. The van der Waals surface area contributed by atoms with E-state index in [0.717, 1.165) is 25.1 Å². The molecule has 0 aliphatic carbocycles. The summed E-state index contributed by atoms with van der Waals surface area (Å²) in [7, 11) is -3.75. The van der Waals surface area contributed by atoms with E-state index in [1.54, 1.807) is 30.3 Å². The van der Waals surface area contributed by atoms with E-state index in [1.807, 2.05) is 30.3 Å². The third kappa shape index (κ3) is 4.28. The summed E-state index contributed by atoms with van der Waals surface area (Å²) in [5, 5.41) is 0. The minimum Gasteiger partial charge on any atom is -0.355 e. The van der Waals surface area contributed by atoms with Gasteiger partial charge in [-0.15, -0.1) is 4.40 Å². The van der Waals surface area contributed by atoms with Crippen LogP contribution in [0, 0.1) is 11.8 Å². The summed E-state index contributed by atoms with van der Waals surface area (Å²) in [6, 6.07) is 18.0. The van der Waals surface area contributed by atoms with Crippen LogP contribution in [0.2, 0.25) is 0 Å². The van der Waals surface area contributed by atoms with Crippen LogP contribution in [0.15, 0.2) is 70.0 Å². The fourth-order valence-corrected chi connectivity index (χ4v) is 4.53. The average Bonchev–Trinajstić information content (AvgIpc) is 2.60. The number of likely N-dealkylation sites (tertiary alicyclic amines) is 1. The number of piperidine rings is 1. The van der Waals surface area contributed by atoms with E-state index in [2.05, 4.69) is 23.1 Å². The monoisotopic (exact) mass is 356 g/mol. The van der Waals surface area contributed by atoms with Gasteiger partial charge in [0.2, 0.25) is 0 Å². The van der Waals surface area contributed by atoms with Gasteiger partial charge in [0.05, 0.1) is 4.90 Å². The van der Waals surface area contributed by atoms with E-state index in [1.165, 1.54) is 0 Å². The molecule has 1 fully saturated rings. The van der Waals surface area contributed by atoms with E-state index in [4.69, 9.17) is 0 Å². The van der Waals surface area contributed by atoms with Crippen molar-refractivity contribution >= 4 is 15.9 Å². The van der Waals surface area contributed by atoms with Gasteiger partial charge in [0, 0.05) is 18.7 Å². The average molecular weight is 356 g/mol. The molecule has 1 heterocycles. The van der Waals surface area contributed by atoms with Crippen LogP contribution < -0.4 is 0 Å². The van der Waals surface area contributed by atoms with Crippen LogP contribution >= 0.6 is 0 Å². The van der Waals surface area contributed by atoms with Crippen molar-refractivity contribution in [3.05, 3.63) is 66.2 Å². The van der Waals surface area contributed by atoms with Gasteiger partial charge in [0.1, 0.15) is 5.84 Å². The lowest BCUT2D eigenvalue weighted by Gasteiger charge is -2.37. The number of amidine groups is 1. The highest BCUT2D eigenvalue weighted by atomic mass is 32.2. The summed E-state index contributed by atoms with van der Waals surface area (Å²) in [6.45, 7) is 6.05. The van der Waals surface area contributed by atoms with Gasteiger partial charge in [-0.3, -0.25) is 0 Å². The van der Waals surface area contributed by atoms with Crippen LogP contribution in [0.4, 0.5) is 0 Å². The van der Waals surface area contributed by atoms with Crippen LogP contribution in [0.3, 0.4) is 0 Å². The maximum atomic E-state index is 12.8. The third-order valence-corrected chi connectivity index (χ3v) is 5.73. The van der Waals surface area contributed by atoms with Gasteiger partial charge in [-0.1, -0.05) is 62.4 Å². The minimum atomic E-state index is -3.75. The Labute approximate surface area is 150 Å². The second kappa shape index (κ2) is 7.40. The third-order valence-electron chi connectivity index (χ3n) is 4.45. The Kier molecular flexibility index (Phi) is 5.23. The molecule has 5 heteroatoms. The minimum absolute atomic E-state index is 0.224. The predicted molar refractivity (Wildman–Crippen MR) is 101 cm³/mol. The Morgan fingerprint density at radius 3 is 2.00 bits per heavy atom. The molecule has 2 aromatic rings. The van der Waals surface area contributed by atoms with Crippen LogP contribution in [-0.2, 0) is 10.0 Å². The molecule has 25 heavy (non-hydrogen) atoms. The molecule has 0 bridgehead atoms. The fourth-order valence-electron chi connectivity index (χ4n) is 3.48. The molecule has 1 aliphatic rings. The Morgan fingerprint density at radius 1 is 0.920 bits per heavy atom. The Morgan fingerprint density at radius 2 is 1.44 bits per heavy atom. The molecule has 0 saturated carbocycles. The summed E-state index contributed by atoms with van der Waals surface area (Å²) in [6.07, 6.45) is 1.16. The Balaban J connectivity index is 2.05. The summed E-state index contributed by atoms with van der Waals surface area (Å²) in [5.74, 6) is 1.57. The van der Waals surface area contributed by atoms with Crippen LogP contribution in [0.25, 0.3) is 0 Å². The van der Waals surface area contributed by atoms with E-state index in [9.17, 15) is 8.42 Å². The Hall–Kier alpha value is -2.14. The number of benzene rings is 2. The van der Waals surface area contributed by atoms with Crippen molar-refractivity contribution in [2.24, 2.45) is 16.2 Å². The van der Waals surface area contributed by atoms with Gasteiger partial charge < -0.3 is 4.90 Å². The Bertz CT molecular complexity index is 823. The van der Waals surface area contributed by atoms with Crippen molar-refractivity contribution in [1.29, 1.82) is 0 Å². The molecule has 0 amide bonds. The summed E-state index contributed by atoms with van der Waals surface area (Å²) >= 11 is 0. The molecule has 1 aliphatic heterocycles. The van der Waals surface area contributed by atoms with E-state index in [-0.39, 0.29) is 4.90 Å². The predicted octanol–water partition coefficient (Wildman–Crippen LogP) is 3.80. The molecule has 0 aromatic heterocycles. The molecule has 132 valence electrons. The van der Waals surface area contributed by atoms with Gasteiger partial charge in [-0.05, 0) is 30.4 Å². The van der Waals surface area contributed by atoms with Crippen molar-refractivity contribution in [2.75, 3.05) is 13.1 Å². The first-order valence-electron chi connectivity index (χ1n) is 8.66. The number of hydrogen-bond acceptors (Lipinski definition) is 2. The second-order valence-corrected chi connectivity index (χ2v) is 8.52. The number of nitrogens with zero attached hydrogens (tertiary/aromatic N) is 2. The highest BCUT2D eigenvalue weighted by Crippen LogP contribution is 2.24. The SMILES string of the molecule is CC1CC(C)CN(/C(=N/S(=O)(=O)c2ccccc2)c2ccccc2)C1. The first kappa shape index (κ1) is 17.7. The van der Waals surface area contributed by atoms with Gasteiger partial charge in [-0.2, -0.15) is 8.42 Å². The van der Waals surface area contributed by atoms with Crippen LogP contribution in [0.1, 0.15) is 25.8 Å². The molecule has 2 atom stereocenters. The molecule has 0 N–H and O–H groups in total. The second-order valence-electron chi connectivity index (χ2n) is 6.92. The van der Waals surface area contributed by atoms with Crippen molar-refractivity contribution in [3.63, 3.8) is 0 Å². The van der Waals surface area contributed by atoms with E-state index < -0.39 is 10.0 Å². The normalized spacial score (nSPS) is 22.0. The lowest BCUT2D eigenvalue weighted by Crippen LogP contribution is -2.43. The molecular formula is C20H24N2O2S. The van der Waals surface area contributed by atoms with Crippen molar-refractivity contribution in [2.45, 2.75) is 25.2 Å². The lowest BCUT2D eigenvalue weighted by molar-refractivity contribution is 0.214. The summed E-state index contributed by atoms with van der Waals surface area (Å²) in [4.78, 5) is 2.34. The van der Waals surface area contributed by atoms with Gasteiger partial charge in [0.25, 0.3) is 10.0 Å². The van der Waals surface area contributed by atoms with E-state index >= 15 is 0 Å². The zero-order chi connectivity index (χ0) is 17.9. The molecule has 2 unspecified atom stereocenters. The molecule has 0 radical (unpaired) electrons. The van der Waals surface area contributed by atoms with Gasteiger partial charge in [-0.25, -0.2) is 0 Å². The smallest absolute Gasteiger partial charge is 0.284 e. The number of sulfonamides is 1. The van der Waals surface area contributed by atoms with Gasteiger partial charge >= 0.3 is 0 Å². The topological polar surface area (TPSA) is 49.7 Å². The first-order valence-corrected chi connectivity index (χ1v) is 10.1. The van der Waals surface area contributed by atoms with Gasteiger partial charge in [0.15, 0.2) is 0 Å². The van der Waals surface area contributed by atoms with Crippen molar-refractivity contribution in [1.82, 2.24) is 4.90 Å². The molecule has 0 spiro atoms. The molecule has 1 saturated heterocycles. The fraction of sp³-hybridized carbons (Fsp3) is 0.350. The summed E-state index contributed by atoms with van der Waals surface area (Å²) < 4.78 is 29.9. The largest absolute Gasteiger partial charge is 0.355 e. The standard InChI is InChI=1S/C20H24N2O2S/c1-16-13-17(2)15-22(14-16)20(18-9-5-3-6-10-18)21-25(23,24)19-11-7-4-8-12-19/h3-12,16-17H,13-15H2,1-2H3/b21-20+. The lowest BCUT2D eigenvalue weighted by atomic mass is 9.91. The maximum absolute atomic E-state index is 12.8. The maximum Gasteiger partial charge on any atom is 0.284 e. The highest BCUT2D eigenvalue weighted by molar-refractivity contribution is 7.90. The number of hydrogen-bond donors (Lipinski definition) is 0. The molecule has 4 nitrogen and oxygen atoms in total. The van der Waals surface area contributed by atoms with Crippen molar-refractivity contribution < 1.29 is 8.42 Å².